The molecule has 0 radical (unpaired) electrons. The SMILES string of the molecule is CCOc1ccc([C@@H](C)N[C@H](C)C(=O)Nc2ccccc2C#N)cc1. The second kappa shape index (κ2) is 8.86. The summed E-state index contributed by atoms with van der Waals surface area (Å²) >= 11 is 0. The standard InChI is InChI=1S/C20H23N3O2/c1-4-25-18-11-9-16(10-12-18)14(2)22-15(3)20(24)23-19-8-6-5-7-17(19)13-21/h5-12,14-15,22H,4H2,1-3H3,(H,23,24)/t14-,15-/m1/s1. The Hall–Kier alpha value is -2.84. The van der Waals surface area contributed by atoms with Crippen LogP contribution in [0.15, 0.2) is 48.5 Å². The van der Waals surface area contributed by atoms with E-state index in [0.29, 0.717) is 17.9 Å². The number of para-hydroxylation sites is 1. The molecular weight excluding hydrogens is 314 g/mol. The average Bonchev–Trinajstić information content (AvgIpc) is 2.63. The van der Waals surface area contributed by atoms with Crippen LogP contribution < -0.4 is 15.4 Å². The summed E-state index contributed by atoms with van der Waals surface area (Å²) in [4.78, 5) is 12.4. The van der Waals surface area contributed by atoms with Crippen molar-refractivity contribution in [3.8, 4) is 11.8 Å². The summed E-state index contributed by atoms with van der Waals surface area (Å²) in [5.41, 5.74) is 2.04. The van der Waals surface area contributed by atoms with Crippen molar-refractivity contribution in [3.63, 3.8) is 0 Å². The Morgan fingerprint density at radius 3 is 2.48 bits per heavy atom. The van der Waals surface area contributed by atoms with Crippen molar-refractivity contribution in [3.05, 3.63) is 59.7 Å². The lowest BCUT2D eigenvalue weighted by atomic mass is 10.1. The topological polar surface area (TPSA) is 74.2 Å². The van der Waals surface area contributed by atoms with Gasteiger partial charge in [-0.2, -0.15) is 5.26 Å². The Balaban J connectivity index is 1.97. The number of carbonyl (C=O) groups excluding carboxylic acids is 1. The van der Waals surface area contributed by atoms with Crippen LogP contribution in [0.25, 0.3) is 0 Å². The summed E-state index contributed by atoms with van der Waals surface area (Å²) in [6.45, 7) is 6.38. The molecule has 2 rings (SSSR count). The summed E-state index contributed by atoms with van der Waals surface area (Å²) < 4.78 is 5.44. The molecule has 1 amide bonds. The van der Waals surface area contributed by atoms with Gasteiger partial charge < -0.3 is 10.1 Å². The highest BCUT2D eigenvalue weighted by Crippen LogP contribution is 2.19. The first-order chi connectivity index (χ1) is 12.0. The normalized spacial score (nSPS) is 12.7. The fourth-order valence-electron chi connectivity index (χ4n) is 2.50. The van der Waals surface area contributed by atoms with Crippen LogP contribution in [0.1, 0.15) is 37.9 Å². The second-order valence-electron chi connectivity index (χ2n) is 5.76. The van der Waals surface area contributed by atoms with Crippen LogP contribution in [-0.2, 0) is 4.79 Å². The molecule has 0 aliphatic rings. The Labute approximate surface area is 148 Å². The third kappa shape index (κ3) is 5.07. The number of carbonyl (C=O) groups is 1. The molecule has 0 fully saturated rings. The van der Waals surface area contributed by atoms with Crippen LogP contribution in [0.4, 0.5) is 5.69 Å². The van der Waals surface area contributed by atoms with Gasteiger partial charge in [0.2, 0.25) is 5.91 Å². The molecule has 0 heterocycles. The number of rotatable bonds is 7. The molecule has 25 heavy (non-hydrogen) atoms. The van der Waals surface area contributed by atoms with Gasteiger partial charge in [-0.05, 0) is 50.6 Å². The lowest BCUT2D eigenvalue weighted by molar-refractivity contribution is -0.117. The predicted molar refractivity (Wildman–Crippen MR) is 98.4 cm³/mol. The van der Waals surface area contributed by atoms with E-state index in [4.69, 9.17) is 10.00 Å². The average molecular weight is 337 g/mol. The van der Waals surface area contributed by atoms with Gasteiger partial charge in [0.05, 0.1) is 23.9 Å². The van der Waals surface area contributed by atoms with Crippen LogP contribution in [0.5, 0.6) is 5.75 Å². The van der Waals surface area contributed by atoms with Crippen molar-refractivity contribution in [1.29, 1.82) is 5.26 Å². The molecule has 0 aliphatic heterocycles. The minimum Gasteiger partial charge on any atom is -0.494 e. The number of anilines is 1. The third-order valence-corrected chi connectivity index (χ3v) is 3.89. The summed E-state index contributed by atoms with van der Waals surface area (Å²) in [6, 6.07) is 16.4. The minimum atomic E-state index is -0.409. The van der Waals surface area contributed by atoms with Gasteiger partial charge in [-0.3, -0.25) is 10.1 Å². The fourth-order valence-corrected chi connectivity index (χ4v) is 2.50. The van der Waals surface area contributed by atoms with E-state index < -0.39 is 6.04 Å². The molecular formula is C20H23N3O2. The number of benzene rings is 2. The smallest absolute Gasteiger partial charge is 0.241 e. The highest BCUT2D eigenvalue weighted by molar-refractivity contribution is 5.95. The molecule has 0 aromatic heterocycles. The van der Waals surface area contributed by atoms with Crippen LogP contribution in [0, 0.1) is 11.3 Å². The number of nitrogens with one attached hydrogen (secondary N) is 2. The number of hydrogen-bond acceptors (Lipinski definition) is 4. The molecule has 0 saturated carbocycles. The molecule has 2 atom stereocenters. The monoisotopic (exact) mass is 337 g/mol. The van der Waals surface area contributed by atoms with E-state index in [0.717, 1.165) is 11.3 Å². The summed E-state index contributed by atoms with van der Waals surface area (Å²) in [7, 11) is 0. The molecule has 0 unspecified atom stereocenters. The maximum Gasteiger partial charge on any atom is 0.241 e. The number of amides is 1. The highest BCUT2D eigenvalue weighted by Gasteiger charge is 2.17. The Bertz CT molecular complexity index is 750. The van der Waals surface area contributed by atoms with Crippen molar-refractivity contribution in [2.75, 3.05) is 11.9 Å². The fraction of sp³-hybridized carbons (Fsp3) is 0.300. The second-order valence-corrected chi connectivity index (χ2v) is 5.76. The molecule has 5 heteroatoms. The number of nitriles is 1. The lowest BCUT2D eigenvalue weighted by Gasteiger charge is -2.20. The van der Waals surface area contributed by atoms with E-state index >= 15 is 0 Å². The van der Waals surface area contributed by atoms with Gasteiger partial charge >= 0.3 is 0 Å². The van der Waals surface area contributed by atoms with Crippen LogP contribution >= 0.6 is 0 Å². The van der Waals surface area contributed by atoms with E-state index in [1.807, 2.05) is 38.1 Å². The largest absolute Gasteiger partial charge is 0.494 e. The first kappa shape index (κ1) is 18.5. The maximum atomic E-state index is 12.4. The Kier molecular flexibility index (Phi) is 6.55. The summed E-state index contributed by atoms with van der Waals surface area (Å²) in [5, 5.41) is 15.2. The van der Waals surface area contributed by atoms with Crippen molar-refractivity contribution < 1.29 is 9.53 Å². The van der Waals surface area contributed by atoms with Gasteiger partial charge in [0.15, 0.2) is 0 Å². The number of ether oxygens (including phenoxy) is 1. The van der Waals surface area contributed by atoms with Crippen molar-refractivity contribution in [2.45, 2.75) is 32.9 Å². The molecule has 2 N–H and O–H groups in total. The van der Waals surface area contributed by atoms with Crippen molar-refractivity contribution in [2.24, 2.45) is 0 Å². The maximum absolute atomic E-state index is 12.4. The zero-order chi connectivity index (χ0) is 18.2. The van der Waals surface area contributed by atoms with Crippen molar-refractivity contribution in [1.82, 2.24) is 5.32 Å². The quantitative estimate of drug-likeness (QED) is 0.809. The van der Waals surface area contributed by atoms with Gasteiger partial charge in [0.25, 0.3) is 0 Å². The van der Waals surface area contributed by atoms with E-state index in [9.17, 15) is 4.79 Å². The Morgan fingerprint density at radius 2 is 1.84 bits per heavy atom. The zero-order valence-electron chi connectivity index (χ0n) is 14.7. The number of hydrogen-bond donors (Lipinski definition) is 2. The zero-order valence-corrected chi connectivity index (χ0v) is 14.7. The third-order valence-electron chi connectivity index (χ3n) is 3.89. The molecule has 5 nitrogen and oxygen atoms in total. The molecule has 0 bridgehead atoms. The van der Waals surface area contributed by atoms with Crippen LogP contribution in [-0.4, -0.2) is 18.6 Å². The van der Waals surface area contributed by atoms with Gasteiger partial charge in [-0.15, -0.1) is 0 Å². The van der Waals surface area contributed by atoms with E-state index in [1.165, 1.54) is 0 Å². The molecule has 2 aromatic rings. The molecule has 130 valence electrons. The minimum absolute atomic E-state index is 0.00244. The summed E-state index contributed by atoms with van der Waals surface area (Å²) in [6.07, 6.45) is 0. The van der Waals surface area contributed by atoms with Gasteiger partial charge in [0.1, 0.15) is 11.8 Å². The lowest BCUT2D eigenvalue weighted by Crippen LogP contribution is -2.39. The first-order valence-electron chi connectivity index (χ1n) is 8.34. The first-order valence-corrected chi connectivity index (χ1v) is 8.34. The van der Waals surface area contributed by atoms with Crippen molar-refractivity contribution >= 4 is 11.6 Å². The van der Waals surface area contributed by atoms with E-state index in [-0.39, 0.29) is 11.9 Å². The van der Waals surface area contributed by atoms with Crippen LogP contribution in [0.2, 0.25) is 0 Å². The van der Waals surface area contributed by atoms with E-state index in [2.05, 4.69) is 16.7 Å². The predicted octanol–water partition coefficient (Wildman–Crippen LogP) is 3.63. The highest BCUT2D eigenvalue weighted by atomic mass is 16.5. The van der Waals surface area contributed by atoms with Gasteiger partial charge in [-0.1, -0.05) is 24.3 Å². The number of nitrogens with zero attached hydrogens (tertiary/aromatic N) is 1. The van der Waals surface area contributed by atoms with E-state index in [1.54, 1.807) is 31.2 Å². The molecule has 2 aromatic carbocycles. The Morgan fingerprint density at radius 1 is 1.16 bits per heavy atom. The van der Waals surface area contributed by atoms with Gasteiger partial charge in [0, 0.05) is 6.04 Å². The molecule has 0 spiro atoms. The summed E-state index contributed by atoms with van der Waals surface area (Å²) in [5.74, 6) is 0.651. The van der Waals surface area contributed by atoms with Gasteiger partial charge in [-0.25, -0.2) is 0 Å². The van der Waals surface area contributed by atoms with Crippen LogP contribution in [0.3, 0.4) is 0 Å². The molecule has 0 aliphatic carbocycles. The molecule has 0 saturated heterocycles.